The highest BCUT2D eigenvalue weighted by Crippen LogP contribution is 2.18. The van der Waals surface area contributed by atoms with Crippen LogP contribution in [0.4, 0.5) is 0 Å². The maximum atomic E-state index is 10.9. The summed E-state index contributed by atoms with van der Waals surface area (Å²) in [7, 11) is 0. The fraction of sp³-hybridized carbons (Fsp3) is 0.200. The minimum absolute atomic E-state index is 0.369. The van der Waals surface area contributed by atoms with Crippen LogP contribution in [0.2, 0.25) is 5.15 Å². The van der Waals surface area contributed by atoms with Gasteiger partial charge < -0.3 is 4.84 Å². The molecule has 0 saturated heterocycles. The van der Waals surface area contributed by atoms with E-state index in [0.717, 1.165) is 11.1 Å². The predicted molar refractivity (Wildman–Crippen MR) is 56.7 cm³/mol. The highest BCUT2D eigenvalue weighted by atomic mass is 35.5. The monoisotopic (exact) mass is 224 g/mol. The van der Waals surface area contributed by atoms with Gasteiger partial charge in [-0.1, -0.05) is 11.6 Å². The van der Waals surface area contributed by atoms with Crippen molar-refractivity contribution in [3.63, 3.8) is 0 Å². The van der Waals surface area contributed by atoms with Crippen LogP contribution in [-0.2, 0) is 4.79 Å². The molecule has 0 radical (unpaired) electrons. The van der Waals surface area contributed by atoms with Gasteiger partial charge in [0.2, 0.25) is 0 Å². The van der Waals surface area contributed by atoms with E-state index in [2.05, 4.69) is 4.98 Å². The standard InChI is InChI=1S/C10H9ClN2O2/c1-6-5-8-3-4-9(11)12-10(8)13(6)15-7(2)14/h3-5H,1-2H3. The van der Waals surface area contributed by atoms with Gasteiger partial charge in [-0.3, -0.25) is 0 Å². The number of halogens is 1. The molecule has 2 aromatic heterocycles. The molecule has 78 valence electrons. The first-order chi connectivity index (χ1) is 7.08. The number of hydrogen-bond acceptors (Lipinski definition) is 3. The second-order valence-corrected chi connectivity index (χ2v) is 3.60. The normalized spacial score (nSPS) is 10.6. The first kappa shape index (κ1) is 9.98. The summed E-state index contributed by atoms with van der Waals surface area (Å²) in [5.41, 5.74) is 1.35. The number of pyridine rings is 1. The van der Waals surface area contributed by atoms with Crippen molar-refractivity contribution in [3.8, 4) is 0 Å². The molecule has 0 aromatic carbocycles. The number of aromatic nitrogens is 2. The van der Waals surface area contributed by atoms with E-state index in [1.54, 1.807) is 6.07 Å². The molecule has 0 saturated carbocycles. The Bertz CT molecular complexity index is 533. The quantitative estimate of drug-likeness (QED) is 0.696. The number of fused-ring (bicyclic) bond motifs is 1. The van der Waals surface area contributed by atoms with E-state index in [1.165, 1.54) is 11.7 Å². The Morgan fingerprint density at radius 3 is 2.93 bits per heavy atom. The fourth-order valence-corrected chi connectivity index (χ4v) is 1.55. The number of aryl methyl sites for hydroxylation is 1. The van der Waals surface area contributed by atoms with Crippen molar-refractivity contribution < 1.29 is 9.63 Å². The molecule has 0 aliphatic rings. The zero-order valence-corrected chi connectivity index (χ0v) is 9.08. The molecule has 15 heavy (non-hydrogen) atoms. The summed E-state index contributed by atoms with van der Waals surface area (Å²) in [6, 6.07) is 5.40. The molecule has 2 rings (SSSR count). The molecule has 0 aliphatic carbocycles. The van der Waals surface area contributed by atoms with Crippen LogP contribution < -0.4 is 4.84 Å². The molecule has 0 spiro atoms. The summed E-state index contributed by atoms with van der Waals surface area (Å²) in [6.07, 6.45) is 0. The smallest absolute Gasteiger partial charge is 0.329 e. The number of nitrogens with zero attached hydrogens (tertiary/aromatic N) is 2. The zero-order valence-electron chi connectivity index (χ0n) is 8.32. The van der Waals surface area contributed by atoms with Crippen LogP contribution in [0.1, 0.15) is 12.6 Å². The van der Waals surface area contributed by atoms with Crippen LogP contribution >= 0.6 is 11.6 Å². The number of carbonyl (C=O) groups excluding carboxylic acids is 1. The Labute approximate surface area is 91.4 Å². The Hall–Kier alpha value is -1.55. The van der Waals surface area contributed by atoms with Gasteiger partial charge in [-0.2, -0.15) is 4.73 Å². The van der Waals surface area contributed by atoms with Crippen LogP contribution in [0.5, 0.6) is 0 Å². The summed E-state index contributed by atoms with van der Waals surface area (Å²) >= 11 is 5.77. The van der Waals surface area contributed by atoms with Crippen molar-refractivity contribution in [1.82, 2.24) is 9.71 Å². The highest BCUT2D eigenvalue weighted by molar-refractivity contribution is 6.29. The molecule has 0 atom stereocenters. The van der Waals surface area contributed by atoms with Crippen molar-refractivity contribution in [2.24, 2.45) is 0 Å². The van der Waals surface area contributed by atoms with Crippen molar-refractivity contribution >= 4 is 28.6 Å². The minimum Gasteiger partial charge on any atom is -0.335 e. The van der Waals surface area contributed by atoms with E-state index in [-0.39, 0.29) is 0 Å². The van der Waals surface area contributed by atoms with E-state index in [0.29, 0.717) is 10.8 Å². The number of hydrogen-bond donors (Lipinski definition) is 0. The van der Waals surface area contributed by atoms with Crippen molar-refractivity contribution in [1.29, 1.82) is 0 Å². The third-order valence-electron chi connectivity index (χ3n) is 1.97. The Morgan fingerprint density at radius 2 is 2.27 bits per heavy atom. The Balaban J connectivity index is 2.65. The third kappa shape index (κ3) is 1.80. The molecule has 4 nitrogen and oxygen atoms in total. The molecule has 2 heterocycles. The largest absolute Gasteiger partial charge is 0.335 e. The van der Waals surface area contributed by atoms with Gasteiger partial charge in [-0.15, -0.1) is 0 Å². The van der Waals surface area contributed by atoms with Gasteiger partial charge in [0.25, 0.3) is 0 Å². The maximum Gasteiger partial charge on any atom is 0.329 e. The maximum absolute atomic E-state index is 10.9. The van der Waals surface area contributed by atoms with Gasteiger partial charge in [0.15, 0.2) is 5.65 Å². The summed E-state index contributed by atoms with van der Waals surface area (Å²) in [5.74, 6) is -0.391. The second-order valence-electron chi connectivity index (χ2n) is 3.21. The molecular weight excluding hydrogens is 216 g/mol. The van der Waals surface area contributed by atoms with E-state index >= 15 is 0 Å². The van der Waals surface area contributed by atoms with Gasteiger partial charge in [0, 0.05) is 12.3 Å². The summed E-state index contributed by atoms with van der Waals surface area (Å²) in [4.78, 5) is 20.0. The zero-order chi connectivity index (χ0) is 11.0. The van der Waals surface area contributed by atoms with E-state index < -0.39 is 5.97 Å². The van der Waals surface area contributed by atoms with E-state index in [1.807, 2.05) is 19.1 Å². The molecule has 0 aliphatic heterocycles. The van der Waals surface area contributed by atoms with Gasteiger partial charge in [-0.25, -0.2) is 9.78 Å². The first-order valence-corrected chi connectivity index (χ1v) is 4.79. The van der Waals surface area contributed by atoms with Crippen molar-refractivity contribution in [3.05, 3.63) is 29.0 Å². The molecule has 2 aromatic rings. The SMILES string of the molecule is CC(=O)On1c(C)cc2ccc(Cl)nc21. The first-order valence-electron chi connectivity index (χ1n) is 4.41. The Kier molecular flexibility index (Phi) is 2.36. The average molecular weight is 225 g/mol. The predicted octanol–water partition coefficient (Wildman–Crippen LogP) is 1.97. The fourth-order valence-electron chi connectivity index (χ4n) is 1.41. The van der Waals surface area contributed by atoms with E-state index in [9.17, 15) is 4.79 Å². The number of carbonyl (C=O) groups is 1. The van der Waals surface area contributed by atoms with Gasteiger partial charge in [0.1, 0.15) is 5.15 Å². The van der Waals surface area contributed by atoms with Gasteiger partial charge in [0.05, 0.1) is 5.69 Å². The summed E-state index contributed by atoms with van der Waals surface area (Å²) < 4.78 is 1.38. The van der Waals surface area contributed by atoms with Crippen LogP contribution in [-0.4, -0.2) is 15.7 Å². The van der Waals surface area contributed by atoms with Crippen molar-refractivity contribution in [2.45, 2.75) is 13.8 Å². The average Bonchev–Trinajstić information content (AvgIpc) is 2.43. The molecule has 0 fully saturated rings. The van der Waals surface area contributed by atoms with Crippen LogP contribution in [0.3, 0.4) is 0 Å². The Morgan fingerprint density at radius 1 is 1.53 bits per heavy atom. The lowest BCUT2D eigenvalue weighted by molar-refractivity contribution is -0.141. The summed E-state index contributed by atoms with van der Waals surface area (Å²) in [6.45, 7) is 3.17. The van der Waals surface area contributed by atoms with E-state index in [4.69, 9.17) is 16.4 Å². The van der Waals surface area contributed by atoms with Crippen LogP contribution in [0, 0.1) is 6.92 Å². The molecule has 0 amide bonds. The molecule has 0 N–H and O–H groups in total. The van der Waals surface area contributed by atoms with Crippen molar-refractivity contribution in [2.75, 3.05) is 0 Å². The van der Waals surface area contributed by atoms with Crippen LogP contribution in [0.25, 0.3) is 11.0 Å². The van der Waals surface area contributed by atoms with Gasteiger partial charge >= 0.3 is 5.97 Å². The molecule has 0 bridgehead atoms. The van der Waals surface area contributed by atoms with Crippen LogP contribution in [0.15, 0.2) is 18.2 Å². The lowest BCUT2D eigenvalue weighted by Gasteiger charge is -2.04. The minimum atomic E-state index is -0.391. The highest BCUT2D eigenvalue weighted by Gasteiger charge is 2.09. The molecule has 0 unspecified atom stereocenters. The second kappa shape index (κ2) is 3.55. The lowest BCUT2D eigenvalue weighted by atomic mass is 10.3. The summed E-state index contributed by atoms with van der Waals surface area (Å²) in [5, 5.41) is 1.26. The molecule has 5 heteroatoms. The topological polar surface area (TPSA) is 44.1 Å². The lowest BCUT2D eigenvalue weighted by Crippen LogP contribution is -2.17. The molecular formula is C10H9ClN2O2. The number of rotatable bonds is 1. The van der Waals surface area contributed by atoms with Gasteiger partial charge in [-0.05, 0) is 25.1 Å². The third-order valence-corrected chi connectivity index (χ3v) is 2.18.